The molecule has 4 nitrogen and oxygen atoms in total. The van der Waals surface area contributed by atoms with Gasteiger partial charge in [-0.25, -0.2) is 0 Å². The molecule has 4 N–H and O–H groups in total. The third-order valence-electron chi connectivity index (χ3n) is 1.51. The summed E-state index contributed by atoms with van der Waals surface area (Å²) >= 11 is 0. The summed E-state index contributed by atoms with van der Waals surface area (Å²) in [6.45, 7) is 3.06. The molecule has 72 valence electrons. The molecule has 0 aromatic carbocycles. The minimum Gasteiger partial charge on any atom is -0.395 e. The second-order valence-electron chi connectivity index (χ2n) is 2.43. The molecule has 4 radical (unpaired) electrons. The van der Waals surface area contributed by atoms with Crippen molar-refractivity contribution in [1.82, 2.24) is 4.90 Å². The van der Waals surface area contributed by atoms with Crippen LogP contribution < -0.4 is 5.73 Å². The van der Waals surface area contributed by atoms with Crippen LogP contribution >= 0.6 is 0 Å². The summed E-state index contributed by atoms with van der Waals surface area (Å²) in [6.07, 6.45) is 0.917. The van der Waals surface area contributed by atoms with Gasteiger partial charge < -0.3 is 15.9 Å². The molecular weight excluding hydrogens is 351 g/mol. The Morgan fingerprint density at radius 2 is 1.50 bits per heavy atom. The van der Waals surface area contributed by atoms with Crippen molar-refractivity contribution in [3.05, 3.63) is 0 Å². The molecule has 0 heterocycles. The van der Waals surface area contributed by atoms with E-state index in [-0.39, 0.29) is 40.5 Å². The summed E-state index contributed by atoms with van der Waals surface area (Å²) in [5, 5.41) is 17.2. The minimum absolute atomic E-state index is 0. The van der Waals surface area contributed by atoms with Crippen molar-refractivity contribution in [2.75, 3.05) is 39.4 Å². The maximum Gasteiger partial charge on any atom is 0.0558 e. The first-order valence-corrected chi connectivity index (χ1v) is 3.99. The average molecular weight is 369 g/mol. The number of nitrogens with two attached hydrogens (primary N) is 1. The zero-order valence-electron chi connectivity index (χ0n) is 7.37. The first-order chi connectivity index (χ1) is 5.35. The fraction of sp³-hybridized carbons (Fsp3) is 1.00. The molecule has 0 aromatic rings. The van der Waals surface area contributed by atoms with Gasteiger partial charge in [-0.15, -0.1) is 0 Å². The van der Waals surface area contributed by atoms with E-state index in [0.717, 1.165) is 13.0 Å². The molecule has 0 amide bonds. The molecule has 0 spiro atoms. The van der Waals surface area contributed by atoms with Crippen molar-refractivity contribution >= 4 is 27.3 Å². The van der Waals surface area contributed by atoms with E-state index in [1.165, 1.54) is 0 Å². The van der Waals surface area contributed by atoms with Crippen LogP contribution in [-0.2, 0) is 0 Å². The van der Waals surface area contributed by atoms with Crippen LogP contribution in [0.15, 0.2) is 0 Å². The second kappa shape index (κ2) is 11.8. The smallest absolute Gasteiger partial charge is 0.0558 e. The Kier molecular flexibility index (Phi) is 14.9. The number of aliphatic hydroxyl groups is 2. The summed E-state index contributed by atoms with van der Waals surface area (Å²) in [7, 11) is 0. The number of nitrogens with zero attached hydrogens (tertiary/aromatic N) is 1. The van der Waals surface area contributed by atoms with Gasteiger partial charge in [-0.2, -0.15) is 0 Å². The van der Waals surface area contributed by atoms with Crippen molar-refractivity contribution in [1.29, 1.82) is 0 Å². The van der Waals surface area contributed by atoms with Crippen LogP contribution in [0.4, 0.5) is 0 Å². The van der Waals surface area contributed by atoms with Crippen LogP contribution in [0, 0.1) is 0 Å². The number of rotatable bonds is 7. The molecule has 0 fully saturated rings. The third-order valence-corrected chi connectivity index (χ3v) is 1.51. The van der Waals surface area contributed by atoms with Crippen molar-refractivity contribution in [2.24, 2.45) is 5.73 Å². The minimum atomic E-state index is 0. The van der Waals surface area contributed by atoms with Gasteiger partial charge in [0.15, 0.2) is 0 Å². The second-order valence-corrected chi connectivity index (χ2v) is 2.43. The maximum absolute atomic E-state index is 8.61. The Labute approximate surface area is 93.9 Å². The Bertz CT molecular complexity index is 79.8. The molecule has 0 saturated heterocycles. The monoisotopic (exact) mass is 370 g/mol. The van der Waals surface area contributed by atoms with Crippen molar-refractivity contribution in [2.45, 2.75) is 6.42 Å². The van der Waals surface area contributed by atoms with E-state index in [0.29, 0.717) is 19.6 Å². The van der Waals surface area contributed by atoms with E-state index in [1.807, 2.05) is 4.90 Å². The van der Waals surface area contributed by atoms with Gasteiger partial charge >= 0.3 is 0 Å². The van der Waals surface area contributed by atoms with Gasteiger partial charge in [-0.3, -0.25) is 4.90 Å². The summed E-state index contributed by atoms with van der Waals surface area (Å²) in [4.78, 5) is 1.99. The van der Waals surface area contributed by atoms with Crippen LogP contribution in [-0.4, -0.2) is 81.8 Å². The Morgan fingerprint density at radius 3 is 1.83 bits per heavy atom. The normalized spacial score (nSPS) is 10.0. The van der Waals surface area contributed by atoms with E-state index >= 15 is 0 Å². The molecule has 5 heteroatoms. The van der Waals surface area contributed by atoms with Gasteiger partial charge in [-0.05, 0) is 19.5 Å². The number of aliphatic hydroxyl groups excluding tert-OH is 2. The van der Waals surface area contributed by atoms with E-state index < -0.39 is 0 Å². The van der Waals surface area contributed by atoms with Gasteiger partial charge in [-0.1, -0.05) is 0 Å². The van der Waals surface area contributed by atoms with E-state index in [4.69, 9.17) is 15.9 Å². The van der Waals surface area contributed by atoms with Gasteiger partial charge in [0.25, 0.3) is 0 Å². The Balaban J connectivity index is 0. The van der Waals surface area contributed by atoms with E-state index in [2.05, 4.69) is 0 Å². The average Bonchev–Trinajstić information content (AvgIpc) is 2.01. The molecular formula is C7H18N2O2Pb. The summed E-state index contributed by atoms with van der Waals surface area (Å²) in [6, 6.07) is 0. The molecule has 0 unspecified atom stereocenters. The molecule has 12 heavy (non-hydrogen) atoms. The molecule has 0 aromatic heterocycles. The maximum atomic E-state index is 8.61. The predicted molar refractivity (Wildman–Crippen MR) is 50.0 cm³/mol. The van der Waals surface area contributed by atoms with Crippen LogP contribution in [0.3, 0.4) is 0 Å². The van der Waals surface area contributed by atoms with Crippen LogP contribution in [0.25, 0.3) is 0 Å². The van der Waals surface area contributed by atoms with Crippen molar-refractivity contribution in [3.63, 3.8) is 0 Å². The Hall–Kier alpha value is 0.762. The molecule has 0 saturated carbocycles. The van der Waals surface area contributed by atoms with E-state index in [9.17, 15) is 0 Å². The molecule has 0 aliphatic heterocycles. The van der Waals surface area contributed by atoms with E-state index in [1.54, 1.807) is 0 Å². The Morgan fingerprint density at radius 1 is 1.00 bits per heavy atom. The first-order valence-electron chi connectivity index (χ1n) is 3.99. The molecule has 0 aliphatic carbocycles. The SMILES string of the molecule is NCCCN(CCO)CCO.[Pb]. The first kappa shape index (κ1) is 15.2. The summed E-state index contributed by atoms with van der Waals surface area (Å²) < 4.78 is 0. The predicted octanol–water partition coefficient (Wildman–Crippen LogP) is -1.76. The van der Waals surface area contributed by atoms with Gasteiger partial charge in [0.1, 0.15) is 0 Å². The molecule has 0 atom stereocenters. The standard InChI is InChI=1S/C7H18N2O2.Pb/c8-2-1-3-9(4-6-10)5-7-11;/h10-11H,1-8H2;. The zero-order chi connectivity index (χ0) is 8.53. The molecule has 0 aliphatic rings. The van der Waals surface area contributed by atoms with Crippen LogP contribution in [0.1, 0.15) is 6.42 Å². The van der Waals surface area contributed by atoms with Gasteiger partial charge in [0.2, 0.25) is 0 Å². The molecule has 0 rings (SSSR count). The summed E-state index contributed by atoms with van der Waals surface area (Å²) in [5.74, 6) is 0. The topological polar surface area (TPSA) is 69.7 Å². The van der Waals surface area contributed by atoms with Crippen molar-refractivity contribution in [3.8, 4) is 0 Å². The quantitative estimate of drug-likeness (QED) is 0.465. The van der Waals surface area contributed by atoms with Gasteiger partial charge in [0, 0.05) is 40.4 Å². The third kappa shape index (κ3) is 8.85. The van der Waals surface area contributed by atoms with Crippen LogP contribution in [0.5, 0.6) is 0 Å². The van der Waals surface area contributed by atoms with Gasteiger partial charge in [0.05, 0.1) is 13.2 Å². The fourth-order valence-electron chi connectivity index (χ4n) is 0.933. The molecule has 0 bridgehead atoms. The largest absolute Gasteiger partial charge is 0.395 e. The zero-order valence-corrected chi connectivity index (χ0v) is 11.3. The van der Waals surface area contributed by atoms with Crippen LogP contribution in [0.2, 0.25) is 0 Å². The number of hydrogen-bond donors (Lipinski definition) is 3. The summed E-state index contributed by atoms with van der Waals surface area (Å²) in [5.41, 5.74) is 5.32. The number of hydrogen-bond acceptors (Lipinski definition) is 4. The fourth-order valence-corrected chi connectivity index (χ4v) is 0.933. The van der Waals surface area contributed by atoms with Crippen molar-refractivity contribution < 1.29 is 10.2 Å².